The fourth-order valence-corrected chi connectivity index (χ4v) is 3.75. The van der Waals surface area contributed by atoms with Crippen LogP contribution in [0, 0.1) is 5.41 Å². The van der Waals surface area contributed by atoms with Crippen LogP contribution >= 0.6 is 0 Å². The highest BCUT2D eigenvalue weighted by Gasteiger charge is 2.53. The number of nitrogens with zero attached hydrogens (tertiary/aromatic N) is 2. The maximum atomic E-state index is 12.8. The first-order valence-corrected chi connectivity index (χ1v) is 8.08. The molecule has 1 spiro atoms. The monoisotopic (exact) mass is 300 g/mol. The summed E-state index contributed by atoms with van der Waals surface area (Å²) in [5.41, 5.74) is 1.98. The van der Waals surface area contributed by atoms with E-state index >= 15 is 0 Å². The average molecular weight is 300 g/mol. The first kappa shape index (κ1) is 15.2. The molecule has 0 aromatic heterocycles. The zero-order valence-electron chi connectivity index (χ0n) is 13.5. The maximum Gasteiger partial charge on any atom is 0.236 e. The quantitative estimate of drug-likeness (QED) is 0.616. The Morgan fingerprint density at radius 2 is 1.68 bits per heavy atom. The molecule has 22 heavy (non-hydrogen) atoms. The zero-order chi connectivity index (χ0) is 15.7. The second-order valence-corrected chi connectivity index (χ2v) is 6.94. The molecule has 118 valence electrons. The third-order valence-electron chi connectivity index (χ3n) is 4.90. The minimum Gasteiger partial charge on any atom is -0.309 e. The van der Waals surface area contributed by atoms with Crippen LogP contribution in [0.2, 0.25) is 0 Å². The van der Waals surface area contributed by atoms with Crippen molar-refractivity contribution in [2.24, 2.45) is 5.41 Å². The van der Waals surface area contributed by atoms with E-state index in [9.17, 15) is 9.59 Å². The largest absolute Gasteiger partial charge is 0.309 e. The predicted molar refractivity (Wildman–Crippen MR) is 85.4 cm³/mol. The van der Waals surface area contributed by atoms with Crippen LogP contribution < -0.4 is 0 Å². The van der Waals surface area contributed by atoms with Gasteiger partial charge in [-0.1, -0.05) is 24.3 Å². The zero-order valence-corrected chi connectivity index (χ0v) is 13.5. The molecule has 0 unspecified atom stereocenters. The van der Waals surface area contributed by atoms with Crippen molar-refractivity contribution in [2.45, 2.75) is 32.1 Å². The van der Waals surface area contributed by atoms with Gasteiger partial charge in [0.15, 0.2) is 0 Å². The van der Waals surface area contributed by atoms with Crippen LogP contribution in [0.3, 0.4) is 0 Å². The molecular weight excluding hydrogens is 276 g/mol. The number of imide groups is 1. The fraction of sp³-hybridized carbons (Fsp3) is 0.556. The van der Waals surface area contributed by atoms with Gasteiger partial charge in [-0.05, 0) is 57.5 Å². The summed E-state index contributed by atoms with van der Waals surface area (Å²) in [6, 6.07) is 8.19. The van der Waals surface area contributed by atoms with Crippen molar-refractivity contribution < 1.29 is 9.59 Å². The first-order valence-electron chi connectivity index (χ1n) is 8.08. The molecule has 4 nitrogen and oxygen atoms in total. The third-order valence-corrected chi connectivity index (χ3v) is 4.90. The van der Waals surface area contributed by atoms with E-state index in [-0.39, 0.29) is 11.8 Å². The molecule has 1 aliphatic heterocycles. The molecule has 2 amide bonds. The van der Waals surface area contributed by atoms with Crippen molar-refractivity contribution in [1.29, 1.82) is 0 Å². The summed E-state index contributed by atoms with van der Waals surface area (Å²) in [7, 11) is 4.08. The van der Waals surface area contributed by atoms with E-state index in [0.717, 1.165) is 32.2 Å². The van der Waals surface area contributed by atoms with E-state index in [1.807, 2.05) is 26.2 Å². The summed E-state index contributed by atoms with van der Waals surface area (Å²) < 4.78 is 0. The molecule has 0 N–H and O–H groups in total. The number of rotatable bonds is 5. The standard InChI is InChI=1S/C18H24N2O2/c1-19(2)9-5-6-10-20-16(21)13-18(17(20)22)11-14-7-3-4-8-15(14)12-18/h3-4,7-8H,5-6,9-13H2,1-2H3. The molecular formula is C18H24N2O2. The number of amides is 2. The van der Waals surface area contributed by atoms with Gasteiger partial charge in [0.05, 0.1) is 5.41 Å². The number of unbranched alkanes of at least 4 members (excludes halogenated alkanes) is 1. The summed E-state index contributed by atoms with van der Waals surface area (Å²) in [6.45, 7) is 1.57. The highest BCUT2D eigenvalue weighted by molar-refractivity contribution is 6.06. The van der Waals surface area contributed by atoms with Crippen molar-refractivity contribution in [3.05, 3.63) is 35.4 Å². The predicted octanol–water partition coefficient (Wildman–Crippen LogP) is 1.87. The summed E-state index contributed by atoms with van der Waals surface area (Å²) in [6.07, 6.45) is 3.73. The Morgan fingerprint density at radius 1 is 1.05 bits per heavy atom. The van der Waals surface area contributed by atoms with Crippen LogP contribution in [-0.2, 0) is 22.4 Å². The van der Waals surface area contributed by atoms with Crippen LogP contribution in [-0.4, -0.2) is 48.8 Å². The summed E-state index contributed by atoms with van der Waals surface area (Å²) in [4.78, 5) is 28.8. The fourth-order valence-electron chi connectivity index (χ4n) is 3.75. The molecule has 1 saturated heterocycles. The van der Waals surface area contributed by atoms with Crippen molar-refractivity contribution in [3.63, 3.8) is 0 Å². The van der Waals surface area contributed by atoms with Gasteiger partial charge < -0.3 is 4.90 Å². The molecule has 1 aliphatic carbocycles. The smallest absolute Gasteiger partial charge is 0.236 e. The molecule has 4 heteroatoms. The third kappa shape index (κ3) is 2.68. The second-order valence-electron chi connectivity index (χ2n) is 6.94. The van der Waals surface area contributed by atoms with Crippen LogP contribution in [0.1, 0.15) is 30.4 Å². The van der Waals surface area contributed by atoms with E-state index in [0.29, 0.717) is 13.0 Å². The number of carbonyl (C=O) groups is 2. The molecule has 2 aliphatic rings. The molecule has 1 fully saturated rings. The van der Waals surface area contributed by atoms with Gasteiger partial charge >= 0.3 is 0 Å². The number of benzene rings is 1. The van der Waals surface area contributed by atoms with Gasteiger partial charge in [-0.3, -0.25) is 14.5 Å². The first-order chi connectivity index (χ1) is 10.5. The summed E-state index contributed by atoms with van der Waals surface area (Å²) >= 11 is 0. The number of fused-ring (bicyclic) bond motifs is 1. The molecule has 0 atom stereocenters. The lowest BCUT2D eigenvalue weighted by molar-refractivity contribution is -0.141. The summed E-state index contributed by atoms with van der Waals surface area (Å²) in [5, 5.41) is 0. The molecule has 1 aromatic rings. The molecule has 0 saturated carbocycles. The molecule has 0 radical (unpaired) electrons. The Labute approximate surface area is 132 Å². The molecule has 0 bridgehead atoms. The maximum absolute atomic E-state index is 12.8. The van der Waals surface area contributed by atoms with Crippen LogP contribution in [0.4, 0.5) is 0 Å². The lowest BCUT2D eigenvalue weighted by Gasteiger charge is -2.21. The topological polar surface area (TPSA) is 40.6 Å². The normalized spacial score (nSPS) is 19.5. The van der Waals surface area contributed by atoms with Gasteiger partial charge in [0.1, 0.15) is 0 Å². The van der Waals surface area contributed by atoms with Gasteiger partial charge in [-0.25, -0.2) is 0 Å². The molecule has 1 aromatic carbocycles. The Kier molecular flexibility index (Phi) is 4.04. The Bertz CT molecular complexity index is 570. The Morgan fingerprint density at radius 3 is 2.27 bits per heavy atom. The van der Waals surface area contributed by atoms with E-state index in [2.05, 4.69) is 17.0 Å². The Balaban J connectivity index is 1.65. The van der Waals surface area contributed by atoms with Crippen molar-refractivity contribution >= 4 is 11.8 Å². The molecule has 1 heterocycles. The minimum absolute atomic E-state index is 0.0164. The van der Waals surface area contributed by atoms with Gasteiger partial charge in [0.25, 0.3) is 0 Å². The molecule has 3 rings (SSSR count). The van der Waals surface area contributed by atoms with Crippen molar-refractivity contribution in [2.75, 3.05) is 27.2 Å². The highest BCUT2D eigenvalue weighted by atomic mass is 16.2. The van der Waals surface area contributed by atoms with Gasteiger partial charge in [0, 0.05) is 13.0 Å². The average Bonchev–Trinajstić information content (AvgIpc) is 2.94. The lowest BCUT2D eigenvalue weighted by Crippen LogP contribution is -2.37. The van der Waals surface area contributed by atoms with Crippen molar-refractivity contribution in [1.82, 2.24) is 9.80 Å². The number of carbonyl (C=O) groups excluding carboxylic acids is 2. The van der Waals surface area contributed by atoms with Gasteiger partial charge in [0.2, 0.25) is 11.8 Å². The van der Waals surface area contributed by atoms with Crippen LogP contribution in [0.25, 0.3) is 0 Å². The number of hydrogen-bond acceptors (Lipinski definition) is 3. The SMILES string of the molecule is CN(C)CCCCN1C(=O)CC2(Cc3ccccc3C2)C1=O. The highest BCUT2D eigenvalue weighted by Crippen LogP contribution is 2.45. The second kappa shape index (κ2) is 5.84. The van der Waals surface area contributed by atoms with Crippen molar-refractivity contribution in [3.8, 4) is 0 Å². The van der Waals surface area contributed by atoms with E-state index < -0.39 is 5.41 Å². The van der Waals surface area contributed by atoms with Gasteiger partial charge in [-0.15, -0.1) is 0 Å². The van der Waals surface area contributed by atoms with E-state index in [1.165, 1.54) is 16.0 Å². The van der Waals surface area contributed by atoms with Crippen LogP contribution in [0.5, 0.6) is 0 Å². The number of likely N-dealkylation sites (tertiary alicyclic amines) is 1. The van der Waals surface area contributed by atoms with Crippen LogP contribution in [0.15, 0.2) is 24.3 Å². The number of hydrogen-bond donors (Lipinski definition) is 0. The van der Waals surface area contributed by atoms with E-state index in [1.54, 1.807) is 0 Å². The lowest BCUT2D eigenvalue weighted by atomic mass is 9.83. The summed E-state index contributed by atoms with van der Waals surface area (Å²) in [5.74, 6) is 0.0706. The minimum atomic E-state index is -0.484. The van der Waals surface area contributed by atoms with Gasteiger partial charge in [-0.2, -0.15) is 0 Å². The van der Waals surface area contributed by atoms with E-state index in [4.69, 9.17) is 0 Å². The Hall–Kier alpha value is -1.68.